The number of aryl methyl sites for hydroxylation is 1. The molecule has 0 aliphatic rings. The molecule has 2 nitrogen and oxygen atoms in total. The van der Waals surface area contributed by atoms with Gasteiger partial charge in [0.1, 0.15) is 0 Å². The molecule has 2 atom stereocenters. The third-order valence-electron chi connectivity index (χ3n) is 2.33. The summed E-state index contributed by atoms with van der Waals surface area (Å²) in [7, 11) is 1.69. The van der Waals surface area contributed by atoms with E-state index in [1.54, 1.807) is 18.4 Å². The molecule has 14 heavy (non-hydrogen) atoms. The van der Waals surface area contributed by atoms with Crippen LogP contribution in [-0.2, 0) is 4.74 Å². The zero-order chi connectivity index (χ0) is 10.6. The minimum atomic E-state index is -0.341. The lowest BCUT2D eigenvalue weighted by Gasteiger charge is -2.15. The topological polar surface area (TPSA) is 29.5 Å². The van der Waals surface area contributed by atoms with Crippen molar-refractivity contribution in [3.05, 3.63) is 21.9 Å². The predicted molar refractivity (Wildman–Crippen MR) is 59.7 cm³/mol. The summed E-state index contributed by atoms with van der Waals surface area (Å²) in [4.78, 5) is 1.21. The average molecular weight is 214 g/mol. The highest BCUT2D eigenvalue weighted by atomic mass is 32.1. The van der Waals surface area contributed by atoms with Crippen LogP contribution in [0.15, 0.2) is 11.4 Å². The lowest BCUT2D eigenvalue weighted by molar-refractivity contribution is 0.102. The van der Waals surface area contributed by atoms with Crippen molar-refractivity contribution in [2.24, 2.45) is 5.92 Å². The minimum absolute atomic E-state index is 0.341. The van der Waals surface area contributed by atoms with Crippen LogP contribution in [0.1, 0.15) is 29.9 Å². The normalized spacial score (nSPS) is 15.4. The number of hydrogen-bond donors (Lipinski definition) is 1. The molecule has 0 aliphatic carbocycles. The molecule has 0 aromatic carbocycles. The van der Waals surface area contributed by atoms with Gasteiger partial charge in [-0.25, -0.2) is 0 Å². The molecule has 0 aliphatic heterocycles. The van der Waals surface area contributed by atoms with E-state index in [1.165, 1.54) is 4.88 Å². The van der Waals surface area contributed by atoms with Crippen LogP contribution in [0.2, 0.25) is 0 Å². The van der Waals surface area contributed by atoms with Crippen LogP contribution in [0, 0.1) is 12.8 Å². The van der Waals surface area contributed by atoms with Gasteiger partial charge in [0.15, 0.2) is 0 Å². The Hall–Kier alpha value is -0.380. The van der Waals surface area contributed by atoms with E-state index < -0.39 is 0 Å². The molecule has 2 unspecified atom stereocenters. The Morgan fingerprint density at radius 2 is 2.29 bits per heavy atom. The first-order valence-corrected chi connectivity index (χ1v) is 5.74. The van der Waals surface area contributed by atoms with Gasteiger partial charge in [-0.15, -0.1) is 11.3 Å². The van der Waals surface area contributed by atoms with Crippen molar-refractivity contribution in [3.63, 3.8) is 0 Å². The monoisotopic (exact) mass is 214 g/mol. The molecule has 1 N–H and O–H groups in total. The van der Waals surface area contributed by atoms with Crippen LogP contribution in [0.4, 0.5) is 0 Å². The van der Waals surface area contributed by atoms with Gasteiger partial charge in [-0.05, 0) is 36.3 Å². The number of rotatable bonds is 5. The maximum Gasteiger partial charge on any atom is 0.0804 e. The molecule has 1 aromatic heterocycles. The van der Waals surface area contributed by atoms with Crippen molar-refractivity contribution < 1.29 is 9.84 Å². The molecule has 1 rings (SSSR count). The smallest absolute Gasteiger partial charge is 0.0804 e. The average Bonchev–Trinajstić information content (AvgIpc) is 2.51. The number of methoxy groups -OCH3 is 1. The Morgan fingerprint density at radius 1 is 1.57 bits per heavy atom. The van der Waals surface area contributed by atoms with Crippen molar-refractivity contribution in [2.75, 3.05) is 13.7 Å². The molecule has 0 amide bonds. The molecule has 0 saturated carbocycles. The van der Waals surface area contributed by atoms with Crippen LogP contribution in [0.3, 0.4) is 0 Å². The van der Waals surface area contributed by atoms with Crippen molar-refractivity contribution in [2.45, 2.75) is 26.4 Å². The predicted octanol–water partition coefficient (Wildman–Crippen LogP) is 2.76. The van der Waals surface area contributed by atoms with Gasteiger partial charge >= 0.3 is 0 Å². The Balaban J connectivity index is 2.50. The quantitative estimate of drug-likeness (QED) is 0.816. The van der Waals surface area contributed by atoms with Crippen LogP contribution < -0.4 is 0 Å². The van der Waals surface area contributed by atoms with E-state index >= 15 is 0 Å². The highest BCUT2D eigenvalue weighted by Gasteiger charge is 2.14. The highest BCUT2D eigenvalue weighted by molar-refractivity contribution is 7.10. The van der Waals surface area contributed by atoms with Crippen LogP contribution in [0.25, 0.3) is 0 Å². The van der Waals surface area contributed by atoms with E-state index in [1.807, 2.05) is 18.4 Å². The lowest BCUT2D eigenvalue weighted by Crippen LogP contribution is -2.09. The molecular weight excluding hydrogens is 196 g/mol. The molecule has 0 fully saturated rings. The van der Waals surface area contributed by atoms with E-state index in [-0.39, 0.29) is 6.10 Å². The SMILES string of the molecule is COCC(C)CC(O)c1ccsc1C. The number of thiophene rings is 1. The first-order chi connectivity index (χ1) is 6.65. The second kappa shape index (κ2) is 5.49. The third-order valence-corrected chi connectivity index (χ3v) is 3.20. The molecule has 0 radical (unpaired) electrons. The fraction of sp³-hybridized carbons (Fsp3) is 0.636. The van der Waals surface area contributed by atoms with Gasteiger partial charge in [0.2, 0.25) is 0 Å². The lowest BCUT2D eigenvalue weighted by atomic mass is 9.99. The van der Waals surface area contributed by atoms with Crippen molar-refractivity contribution in [1.29, 1.82) is 0 Å². The number of ether oxygens (including phenoxy) is 1. The summed E-state index contributed by atoms with van der Waals surface area (Å²) < 4.78 is 5.04. The molecular formula is C11H18O2S. The zero-order valence-electron chi connectivity index (χ0n) is 8.99. The Kier molecular flexibility index (Phi) is 4.58. The van der Waals surface area contributed by atoms with Gasteiger partial charge in [-0.3, -0.25) is 0 Å². The number of aliphatic hydroxyl groups excluding tert-OH is 1. The molecule has 0 bridgehead atoms. The second-order valence-corrected chi connectivity index (χ2v) is 4.86. The summed E-state index contributed by atoms with van der Waals surface area (Å²) in [6.45, 7) is 4.85. The van der Waals surface area contributed by atoms with Gasteiger partial charge in [-0.2, -0.15) is 0 Å². The fourth-order valence-electron chi connectivity index (χ4n) is 1.60. The maximum atomic E-state index is 9.94. The largest absolute Gasteiger partial charge is 0.388 e. The van der Waals surface area contributed by atoms with Gasteiger partial charge in [-0.1, -0.05) is 6.92 Å². The maximum absolute atomic E-state index is 9.94. The standard InChI is InChI=1S/C11H18O2S/c1-8(7-13-3)6-11(12)10-4-5-14-9(10)2/h4-5,8,11-12H,6-7H2,1-3H3. The molecule has 80 valence electrons. The number of hydrogen-bond acceptors (Lipinski definition) is 3. The number of aliphatic hydroxyl groups is 1. The van der Waals surface area contributed by atoms with Crippen LogP contribution in [0.5, 0.6) is 0 Å². The van der Waals surface area contributed by atoms with Crippen molar-refractivity contribution in [3.8, 4) is 0 Å². The first kappa shape index (κ1) is 11.7. The summed E-state index contributed by atoms with van der Waals surface area (Å²) in [5.74, 6) is 0.397. The van der Waals surface area contributed by atoms with Gasteiger partial charge in [0, 0.05) is 18.6 Å². The Bertz CT molecular complexity index is 270. The summed E-state index contributed by atoms with van der Waals surface area (Å²) in [5, 5.41) is 12.0. The summed E-state index contributed by atoms with van der Waals surface area (Å²) >= 11 is 1.68. The third kappa shape index (κ3) is 3.08. The van der Waals surface area contributed by atoms with E-state index in [0.29, 0.717) is 12.5 Å². The van der Waals surface area contributed by atoms with E-state index in [0.717, 1.165) is 12.0 Å². The molecule has 1 heterocycles. The molecule has 1 aromatic rings. The van der Waals surface area contributed by atoms with Gasteiger partial charge < -0.3 is 9.84 Å². The molecule has 3 heteroatoms. The summed E-state index contributed by atoms with van der Waals surface area (Å²) in [5.41, 5.74) is 1.07. The Labute approximate surface area is 89.5 Å². The van der Waals surface area contributed by atoms with E-state index in [2.05, 4.69) is 6.92 Å². The van der Waals surface area contributed by atoms with Gasteiger partial charge in [0.25, 0.3) is 0 Å². The molecule has 0 saturated heterocycles. The second-order valence-electron chi connectivity index (χ2n) is 3.74. The summed E-state index contributed by atoms with van der Waals surface area (Å²) in [6, 6.07) is 2.00. The zero-order valence-corrected chi connectivity index (χ0v) is 9.80. The van der Waals surface area contributed by atoms with Crippen molar-refractivity contribution in [1.82, 2.24) is 0 Å². The van der Waals surface area contributed by atoms with E-state index in [4.69, 9.17) is 4.74 Å². The first-order valence-electron chi connectivity index (χ1n) is 4.86. The minimum Gasteiger partial charge on any atom is -0.388 e. The van der Waals surface area contributed by atoms with Crippen molar-refractivity contribution >= 4 is 11.3 Å². The van der Waals surface area contributed by atoms with E-state index in [9.17, 15) is 5.11 Å². The van der Waals surface area contributed by atoms with Gasteiger partial charge in [0.05, 0.1) is 6.10 Å². The molecule has 0 spiro atoms. The van der Waals surface area contributed by atoms with Crippen LogP contribution >= 0.6 is 11.3 Å². The summed E-state index contributed by atoms with van der Waals surface area (Å²) in [6.07, 6.45) is 0.428. The Morgan fingerprint density at radius 3 is 2.79 bits per heavy atom. The fourth-order valence-corrected chi connectivity index (χ4v) is 2.36. The highest BCUT2D eigenvalue weighted by Crippen LogP contribution is 2.27. The van der Waals surface area contributed by atoms with Crippen LogP contribution in [-0.4, -0.2) is 18.8 Å².